The third-order valence-electron chi connectivity index (χ3n) is 5.16. The number of benzene rings is 1. The fourth-order valence-electron chi connectivity index (χ4n) is 3.34. The van der Waals surface area contributed by atoms with E-state index in [1.807, 2.05) is 24.6 Å². The minimum Gasteiger partial charge on any atom is -0.354 e. The number of aryl methyl sites for hydroxylation is 1. The Hall–Kier alpha value is -2.37. The highest BCUT2D eigenvalue weighted by atomic mass is 15.3. The van der Waals surface area contributed by atoms with Crippen molar-refractivity contribution < 1.29 is 0 Å². The van der Waals surface area contributed by atoms with E-state index in [1.54, 1.807) is 0 Å². The highest BCUT2D eigenvalue weighted by molar-refractivity contribution is 5.80. The molecule has 2 aromatic rings. The fraction of sp³-hybridized carbons (Fsp3) is 0.550. The van der Waals surface area contributed by atoms with E-state index in [0.29, 0.717) is 12.6 Å². The molecule has 0 bridgehead atoms. The number of aliphatic imine (C=N–C) groups is 1. The average Bonchev–Trinajstić information content (AvgIpc) is 2.99. The van der Waals surface area contributed by atoms with Gasteiger partial charge in [-0.1, -0.05) is 49.6 Å². The fourth-order valence-corrected chi connectivity index (χ4v) is 3.34. The molecule has 1 heterocycles. The van der Waals surface area contributed by atoms with E-state index in [4.69, 9.17) is 4.99 Å². The topological polar surface area (TPSA) is 67.1 Å². The van der Waals surface area contributed by atoms with Crippen LogP contribution in [0.5, 0.6) is 0 Å². The molecule has 2 N–H and O–H groups in total. The third-order valence-corrected chi connectivity index (χ3v) is 5.16. The van der Waals surface area contributed by atoms with Crippen LogP contribution < -0.4 is 10.6 Å². The first kappa shape index (κ1) is 18.4. The molecule has 1 unspecified atom stereocenters. The third kappa shape index (κ3) is 4.84. The molecule has 1 aliphatic carbocycles. The van der Waals surface area contributed by atoms with E-state index in [9.17, 15) is 0 Å². The van der Waals surface area contributed by atoms with Gasteiger partial charge in [0.15, 0.2) is 11.8 Å². The van der Waals surface area contributed by atoms with Gasteiger partial charge in [-0.3, -0.25) is 0 Å². The summed E-state index contributed by atoms with van der Waals surface area (Å²) < 4.78 is 1.99. The van der Waals surface area contributed by atoms with Gasteiger partial charge in [0.25, 0.3) is 0 Å². The summed E-state index contributed by atoms with van der Waals surface area (Å²) in [6, 6.07) is 11.2. The van der Waals surface area contributed by atoms with Crippen molar-refractivity contribution in [2.24, 2.45) is 12.0 Å². The number of nitrogens with one attached hydrogen (secondary N) is 2. The van der Waals surface area contributed by atoms with E-state index in [1.165, 1.54) is 37.7 Å². The van der Waals surface area contributed by atoms with Crippen LogP contribution in [-0.4, -0.2) is 26.8 Å². The van der Waals surface area contributed by atoms with Gasteiger partial charge in [0.1, 0.15) is 12.4 Å². The lowest BCUT2D eigenvalue weighted by atomic mass is 9.96. The monoisotopic (exact) mass is 354 g/mol. The van der Waals surface area contributed by atoms with Crippen LogP contribution in [0.2, 0.25) is 0 Å². The molecule has 0 saturated heterocycles. The van der Waals surface area contributed by atoms with E-state index in [-0.39, 0.29) is 6.04 Å². The largest absolute Gasteiger partial charge is 0.354 e. The molecule has 1 atom stereocenters. The normalized spacial score (nSPS) is 17.1. The van der Waals surface area contributed by atoms with Crippen molar-refractivity contribution in [3.63, 3.8) is 0 Å². The Morgan fingerprint density at radius 3 is 2.58 bits per heavy atom. The number of nitrogens with zero attached hydrogens (tertiary/aromatic N) is 4. The maximum absolute atomic E-state index is 4.80. The number of hydrogen-bond acceptors (Lipinski definition) is 3. The Morgan fingerprint density at radius 2 is 1.92 bits per heavy atom. The summed E-state index contributed by atoms with van der Waals surface area (Å²) in [5.74, 6) is 2.64. The number of hydrogen-bond donors (Lipinski definition) is 2. The zero-order valence-electron chi connectivity index (χ0n) is 16.1. The molecule has 1 aromatic carbocycles. The quantitative estimate of drug-likeness (QED) is 0.639. The first-order chi connectivity index (χ1) is 12.6. The van der Waals surface area contributed by atoms with Gasteiger partial charge >= 0.3 is 0 Å². The van der Waals surface area contributed by atoms with Crippen molar-refractivity contribution in [1.29, 1.82) is 0 Å². The molecule has 1 saturated carbocycles. The minimum atomic E-state index is 0.187. The van der Waals surface area contributed by atoms with Crippen LogP contribution >= 0.6 is 0 Å². The van der Waals surface area contributed by atoms with Crippen molar-refractivity contribution >= 4 is 5.96 Å². The van der Waals surface area contributed by atoms with Gasteiger partial charge in [0, 0.05) is 13.1 Å². The van der Waals surface area contributed by atoms with E-state index >= 15 is 0 Å². The summed E-state index contributed by atoms with van der Waals surface area (Å²) >= 11 is 0. The van der Waals surface area contributed by atoms with Crippen molar-refractivity contribution in [3.05, 3.63) is 47.5 Å². The van der Waals surface area contributed by atoms with Crippen LogP contribution in [0.1, 0.15) is 62.3 Å². The van der Waals surface area contributed by atoms with Crippen molar-refractivity contribution in [3.8, 4) is 0 Å². The summed E-state index contributed by atoms with van der Waals surface area (Å²) in [5, 5.41) is 15.5. The standard InChI is InChI=1S/C20H30N6/c1-15(17-10-6-4-7-11-17)22-20(23-18-12-8-5-9-13-18)21-14-19-25-24-16(2)26(19)3/h4,6-7,10-11,15,18H,5,8-9,12-14H2,1-3H3,(H2,21,22,23). The van der Waals surface area contributed by atoms with Crippen LogP contribution in [-0.2, 0) is 13.6 Å². The molecule has 1 aromatic heterocycles. The minimum absolute atomic E-state index is 0.187. The van der Waals surface area contributed by atoms with Gasteiger partial charge in [-0.2, -0.15) is 0 Å². The van der Waals surface area contributed by atoms with Crippen molar-refractivity contribution in [1.82, 2.24) is 25.4 Å². The Balaban J connectivity index is 1.71. The lowest BCUT2D eigenvalue weighted by Crippen LogP contribution is -2.45. The zero-order valence-corrected chi connectivity index (χ0v) is 16.1. The second-order valence-electron chi connectivity index (χ2n) is 7.14. The van der Waals surface area contributed by atoms with Crippen molar-refractivity contribution in [2.75, 3.05) is 0 Å². The van der Waals surface area contributed by atoms with Gasteiger partial charge in [-0.15, -0.1) is 10.2 Å². The molecule has 6 heteroatoms. The summed E-state index contributed by atoms with van der Waals surface area (Å²) in [5.41, 5.74) is 1.25. The van der Waals surface area contributed by atoms with Crippen molar-refractivity contribution in [2.45, 2.75) is 64.6 Å². The SMILES string of the molecule is Cc1nnc(CN=C(NC2CCCCC2)NC(C)c2ccccc2)n1C. The summed E-state index contributed by atoms with van der Waals surface area (Å²) in [6.45, 7) is 4.64. The van der Waals surface area contributed by atoms with Gasteiger partial charge < -0.3 is 15.2 Å². The molecule has 140 valence electrons. The number of rotatable bonds is 5. The van der Waals surface area contributed by atoms with Crippen LogP contribution in [0, 0.1) is 6.92 Å². The molecular formula is C20H30N6. The molecule has 6 nitrogen and oxygen atoms in total. The van der Waals surface area contributed by atoms with Gasteiger partial charge in [-0.25, -0.2) is 4.99 Å². The molecule has 3 rings (SSSR count). The molecule has 26 heavy (non-hydrogen) atoms. The van der Waals surface area contributed by atoms with Gasteiger partial charge in [-0.05, 0) is 32.3 Å². The van der Waals surface area contributed by atoms with Crippen LogP contribution in [0.15, 0.2) is 35.3 Å². The van der Waals surface area contributed by atoms with Gasteiger partial charge in [0.2, 0.25) is 0 Å². The highest BCUT2D eigenvalue weighted by Gasteiger charge is 2.16. The first-order valence-electron chi connectivity index (χ1n) is 9.61. The van der Waals surface area contributed by atoms with Crippen LogP contribution in [0.25, 0.3) is 0 Å². The molecular weight excluding hydrogens is 324 g/mol. The highest BCUT2D eigenvalue weighted by Crippen LogP contribution is 2.18. The first-order valence-corrected chi connectivity index (χ1v) is 9.61. The second kappa shape index (κ2) is 8.83. The van der Waals surface area contributed by atoms with Gasteiger partial charge in [0.05, 0.1) is 6.04 Å². The summed E-state index contributed by atoms with van der Waals surface area (Å²) in [4.78, 5) is 4.80. The molecule has 1 fully saturated rings. The maximum Gasteiger partial charge on any atom is 0.192 e. The molecule has 1 aliphatic rings. The Morgan fingerprint density at radius 1 is 1.19 bits per heavy atom. The molecule has 0 amide bonds. The predicted molar refractivity (Wildman–Crippen MR) is 105 cm³/mol. The lowest BCUT2D eigenvalue weighted by molar-refractivity contribution is 0.408. The Labute approximate surface area is 156 Å². The Kier molecular flexibility index (Phi) is 6.26. The lowest BCUT2D eigenvalue weighted by Gasteiger charge is -2.26. The smallest absolute Gasteiger partial charge is 0.192 e. The number of aromatic nitrogens is 3. The maximum atomic E-state index is 4.80. The number of guanidine groups is 1. The molecule has 0 aliphatic heterocycles. The molecule has 0 radical (unpaired) electrons. The summed E-state index contributed by atoms with van der Waals surface area (Å²) in [7, 11) is 1.98. The predicted octanol–water partition coefficient (Wildman–Crippen LogP) is 3.25. The van der Waals surface area contributed by atoms with Crippen LogP contribution in [0.4, 0.5) is 0 Å². The average molecular weight is 355 g/mol. The Bertz CT molecular complexity index is 715. The van der Waals surface area contributed by atoms with Crippen LogP contribution in [0.3, 0.4) is 0 Å². The van der Waals surface area contributed by atoms with E-state index in [2.05, 4.69) is 52.0 Å². The summed E-state index contributed by atoms with van der Waals surface area (Å²) in [6.07, 6.45) is 6.35. The molecule has 0 spiro atoms. The van der Waals surface area contributed by atoms with E-state index in [0.717, 1.165) is 17.6 Å². The zero-order chi connectivity index (χ0) is 18.4. The second-order valence-corrected chi connectivity index (χ2v) is 7.14. The van der Waals surface area contributed by atoms with E-state index < -0.39 is 0 Å².